The summed E-state index contributed by atoms with van der Waals surface area (Å²) in [6, 6.07) is -0.812. The summed E-state index contributed by atoms with van der Waals surface area (Å²) in [5.41, 5.74) is 5.44. The molecule has 144 valence electrons. The third-order valence-electron chi connectivity index (χ3n) is 2.78. The van der Waals surface area contributed by atoms with E-state index in [1.54, 1.807) is 7.11 Å². The zero-order valence-electron chi connectivity index (χ0n) is 13.8. The number of thiol groups is 1. The zero-order chi connectivity index (χ0) is 16.1. The van der Waals surface area contributed by atoms with E-state index in [0.29, 0.717) is 38.6 Å². The number of aliphatic carboxylic acids is 1. The van der Waals surface area contributed by atoms with Crippen molar-refractivity contribution in [3.63, 3.8) is 0 Å². The second-order valence-electron chi connectivity index (χ2n) is 4.83. The molecule has 23 heavy (non-hydrogen) atoms. The van der Waals surface area contributed by atoms with Crippen LogP contribution in [0.2, 0.25) is 0 Å². The zero-order valence-corrected chi connectivity index (χ0v) is 16.5. The predicted molar refractivity (Wildman–Crippen MR) is 102 cm³/mol. The van der Waals surface area contributed by atoms with Gasteiger partial charge in [-0.1, -0.05) is 0 Å². The van der Waals surface area contributed by atoms with E-state index in [1.807, 2.05) is 6.26 Å². The molecule has 0 aromatic carbocycles. The summed E-state index contributed by atoms with van der Waals surface area (Å²) in [5.74, 6) is 0.391. The van der Waals surface area contributed by atoms with Gasteiger partial charge in [0.2, 0.25) is 0 Å². The van der Waals surface area contributed by atoms with Gasteiger partial charge in [0.1, 0.15) is 6.04 Å². The lowest BCUT2D eigenvalue weighted by Gasteiger charge is -2.20. The molecule has 0 saturated heterocycles. The van der Waals surface area contributed by atoms with Crippen molar-refractivity contribution in [3.05, 3.63) is 0 Å². The van der Waals surface area contributed by atoms with Gasteiger partial charge in [-0.15, -0.1) is 12.4 Å². The van der Waals surface area contributed by atoms with Crippen molar-refractivity contribution in [3.8, 4) is 0 Å². The number of halogens is 1. The normalized spacial score (nSPS) is 15.0. The van der Waals surface area contributed by atoms with Crippen LogP contribution in [0.4, 0.5) is 0 Å². The fourth-order valence-electron chi connectivity index (χ4n) is 1.57. The fourth-order valence-corrected chi connectivity index (χ4v) is 3.29. The Balaban J connectivity index is -0.00000200. The van der Waals surface area contributed by atoms with Crippen molar-refractivity contribution in [2.24, 2.45) is 5.73 Å². The van der Waals surface area contributed by atoms with E-state index in [1.165, 1.54) is 0 Å². The van der Waals surface area contributed by atoms with E-state index in [-0.39, 0.29) is 32.5 Å². The molecule has 0 aliphatic heterocycles. The standard InChI is InChI=1S/C13H29NO6S.ClH.H2S/c1-18-4-5-19-6-7-20-9-11(15)10-21(2)8-3-12(14)13(16)17;;/h11-12,15,21H,3-10,14H2,1-2H3,(H,16,17);1H;1H2/t11?,12-;;/m0../s1. The van der Waals surface area contributed by atoms with Gasteiger partial charge in [0, 0.05) is 12.9 Å². The van der Waals surface area contributed by atoms with Gasteiger partial charge in [0.05, 0.1) is 39.1 Å². The van der Waals surface area contributed by atoms with Crippen molar-refractivity contribution < 1.29 is 29.2 Å². The molecule has 10 heteroatoms. The van der Waals surface area contributed by atoms with Crippen molar-refractivity contribution >= 4 is 42.8 Å². The highest BCUT2D eigenvalue weighted by atomic mass is 35.5. The molecule has 0 aliphatic rings. The smallest absolute Gasteiger partial charge is 0.320 e. The SMILES string of the molecule is COCCOCCOCC(O)C[SH](C)CC[C@H](N)C(=O)O.Cl.S. The molecule has 0 radical (unpaired) electrons. The molecular formula is C13H32ClNO6S2. The summed E-state index contributed by atoms with van der Waals surface area (Å²) in [7, 11) is 1.18. The summed E-state index contributed by atoms with van der Waals surface area (Å²) in [6.07, 6.45) is 1.94. The maximum atomic E-state index is 10.6. The number of methoxy groups -OCH3 is 1. The number of nitrogens with two attached hydrogens (primary N) is 1. The highest BCUT2D eigenvalue weighted by Gasteiger charge is 2.13. The maximum absolute atomic E-state index is 10.6. The summed E-state index contributed by atoms with van der Waals surface area (Å²) in [5, 5.41) is 18.5. The molecule has 0 heterocycles. The van der Waals surface area contributed by atoms with Gasteiger partial charge in [0.15, 0.2) is 0 Å². The molecule has 2 unspecified atom stereocenters. The molecule has 4 N–H and O–H groups in total. The first-order valence-electron chi connectivity index (χ1n) is 6.96. The largest absolute Gasteiger partial charge is 0.480 e. The Bertz CT molecular complexity index is 279. The fraction of sp³-hybridized carbons (Fsp3) is 0.923. The Morgan fingerprint density at radius 3 is 2.35 bits per heavy atom. The van der Waals surface area contributed by atoms with Crippen LogP contribution >= 0.6 is 36.8 Å². The Hall–Kier alpha value is 0.260. The molecule has 0 aromatic heterocycles. The quantitative estimate of drug-likeness (QED) is 0.241. The topological polar surface area (TPSA) is 111 Å². The third kappa shape index (κ3) is 18.4. The lowest BCUT2D eigenvalue weighted by atomic mass is 10.2. The lowest BCUT2D eigenvalue weighted by molar-refractivity contribution is -0.138. The Morgan fingerprint density at radius 1 is 1.22 bits per heavy atom. The predicted octanol–water partition coefficient (Wildman–Crippen LogP) is -0.00550. The number of rotatable bonds is 14. The van der Waals surface area contributed by atoms with Crippen LogP contribution in [-0.2, 0) is 19.0 Å². The molecule has 0 aliphatic carbocycles. The Labute approximate surface area is 154 Å². The maximum Gasteiger partial charge on any atom is 0.320 e. The molecule has 0 rings (SSSR count). The van der Waals surface area contributed by atoms with E-state index in [4.69, 9.17) is 25.1 Å². The van der Waals surface area contributed by atoms with Crippen molar-refractivity contribution in [1.29, 1.82) is 0 Å². The summed E-state index contributed by atoms with van der Waals surface area (Å²) in [4.78, 5) is 10.6. The average Bonchev–Trinajstić information content (AvgIpc) is 2.43. The molecule has 0 fully saturated rings. The number of hydrogen-bond donors (Lipinski definition) is 4. The molecule has 0 aromatic rings. The summed E-state index contributed by atoms with van der Waals surface area (Å²) >= 11 is 0. The highest BCUT2D eigenvalue weighted by molar-refractivity contribution is 8.16. The van der Waals surface area contributed by atoms with Crippen LogP contribution in [0.25, 0.3) is 0 Å². The third-order valence-corrected chi connectivity index (χ3v) is 4.84. The average molecular weight is 398 g/mol. The first-order chi connectivity index (χ1) is 9.97. The van der Waals surface area contributed by atoms with Crippen molar-refractivity contribution in [2.75, 3.05) is 57.9 Å². The monoisotopic (exact) mass is 397 g/mol. The van der Waals surface area contributed by atoms with Crippen LogP contribution in [0.3, 0.4) is 0 Å². The molecule has 0 amide bonds. The van der Waals surface area contributed by atoms with E-state index in [9.17, 15) is 9.90 Å². The molecule has 3 atom stereocenters. The lowest BCUT2D eigenvalue weighted by Crippen LogP contribution is -2.31. The van der Waals surface area contributed by atoms with Gasteiger partial charge in [0.25, 0.3) is 0 Å². The second kappa shape index (κ2) is 18.6. The van der Waals surface area contributed by atoms with Crippen LogP contribution in [0.1, 0.15) is 6.42 Å². The van der Waals surface area contributed by atoms with Crippen LogP contribution in [-0.4, -0.2) is 86.2 Å². The van der Waals surface area contributed by atoms with E-state index < -0.39 is 29.0 Å². The number of carboxylic acids is 1. The second-order valence-corrected chi connectivity index (χ2v) is 7.35. The van der Waals surface area contributed by atoms with Gasteiger partial charge in [-0.2, -0.15) is 13.5 Å². The van der Waals surface area contributed by atoms with Gasteiger partial charge < -0.3 is 30.2 Å². The van der Waals surface area contributed by atoms with Crippen LogP contribution in [0.15, 0.2) is 0 Å². The van der Waals surface area contributed by atoms with Gasteiger partial charge in [-0.25, -0.2) is 0 Å². The number of hydrogen-bond acceptors (Lipinski definition) is 6. The molecule has 0 bridgehead atoms. The first-order valence-corrected chi connectivity index (χ1v) is 9.12. The highest BCUT2D eigenvalue weighted by Crippen LogP contribution is 2.22. The minimum absolute atomic E-state index is 0. The Morgan fingerprint density at radius 2 is 1.78 bits per heavy atom. The van der Waals surface area contributed by atoms with Crippen molar-refractivity contribution in [1.82, 2.24) is 0 Å². The summed E-state index contributed by atoms with van der Waals surface area (Å²) < 4.78 is 15.4. The van der Waals surface area contributed by atoms with Gasteiger partial charge >= 0.3 is 5.97 Å². The van der Waals surface area contributed by atoms with E-state index in [0.717, 1.165) is 5.75 Å². The first kappa shape index (κ1) is 28.1. The molecular weight excluding hydrogens is 366 g/mol. The molecule has 0 spiro atoms. The van der Waals surface area contributed by atoms with Crippen LogP contribution in [0.5, 0.6) is 0 Å². The van der Waals surface area contributed by atoms with Crippen molar-refractivity contribution in [2.45, 2.75) is 18.6 Å². The van der Waals surface area contributed by atoms with Gasteiger partial charge in [-0.05, 0) is 18.4 Å². The number of aliphatic hydroxyl groups is 1. The number of carboxylic acid groups (broad SMARTS) is 1. The van der Waals surface area contributed by atoms with E-state index >= 15 is 0 Å². The molecule has 7 nitrogen and oxygen atoms in total. The van der Waals surface area contributed by atoms with Crippen LogP contribution < -0.4 is 5.73 Å². The number of aliphatic hydroxyl groups excluding tert-OH is 1. The summed E-state index contributed by atoms with van der Waals surface area (Å²) in [6.45, 7) is 2.27. The van der Waals surface area contributed by atoms with E-state index in [2.05, 4.69) is 0 Å². The van der Waals surface area contributed by atoms with Gasteiger partial charge in [-0.3, -0.25) is 15.7 Å². The minimum atomic E-state index is -0.976. The minimum Gasteiger partial charge on any atom is -0.480 e. The van der Waals surface area contributed by atoms with Crippen LogP contribution in [0, 0.1) is 0 Å². The molecule has 0 saturated carbocycles. The number of ether oxygens (including phenoxy) is 3. The number of carbonyl (C=O) groups is 1. The Kier molecular flexibility index (Phi) is 22.7.